The maximum Gasteiger partial charge on any atom is 0.151 e. The molecule has 4 rings (SSSR count). The van der Waals surface area contributed by atoms with Crippen LogP contribution in [-0.2, 0) is 0 Å². The largest absolute Gasteiger partial charge is 0.298 e. The summed E-state index contributed by atoms with van der Waals surface area (Å²) in [7, 11) is 0. The summed E-state index contributed by atoms with van der Waals surface area (Å²) in [6.45, 7) is 0. The van der Waals surface area contributed by atoms with Crippen molar-refractivity contribution in [3.05, 3.63) is 83.4 Å². The van der Waals surface area contributed by atoms with E-state index in [-0.39, 0.29) is 0 Å². The Labute approximate surface area is 153 Å². The Kier molecular flexibility index (Phi) is 4.49. The van der Waals surface area contributed by atoms with E-state index in [0.29, 0.717) is 17.0 Å². The third kappa shape index (κ3) is 2.78. The van der Waals surface area contributed by atoms with Gasteiger partial charge < -0.3 is 0 Å². The fourth-order valence-corrected chi connectivity index (χ4v) is 3.81. The van der Waals surface area contributed by atoms with E-state index in [9.17, 15) is 9.59 Å². The second-order valence-electron chi connectivity index (χ2n) is 6.80. The first kappa shape index (κ1) is 16.5. The monoisotopic (exact) mass is 340 g/mol. The second-order valence-corrected chi connectivity index (χ2v) is 6.80. The Balaban J connectivity index is 1.92. The topological polar surface area (TPSA) is 34.1 Å². The first-order chi connectivity index (χ1) is 12.8. The van der Waals surface area contributed by atoms with Gasteiger partial charge in [-0.2, -0.15) is 0 Å². The molecular formula is C24H20O2. The maximum atomic E-state index is 12.0. The number of rotatable bonds is 5. The van der Waals surface area contributed by atoms with Gasteiger partial charge in [-0.1, -0.05) is 73.2 Å². The lowest BCUT2D eigenvalue weighted by atomic mass is 9.76. The van der Waals surface area contributed by atoms with Crippen molar-refractivity contribution in [3.8, 4) is 22.3 Å². The van der Waals surface area contributed by atoms with Gasteiger partial charge in [0.2, 0.25) is 0 Å². The molecule has 1 aliphatic rings. The second kappa shape index (κ2) is 7.09. The molecule has 0 aliphatic heterocycles. The molecule has 0 atom stereocenters. The summed E-state index contributed by atoms with van der Waals surface area (Å²) in [4.78, 5) is 23.8. The van der Waals surface area contributed by atoms with Crippen molar-refractivity contribution in [2.75, 3.05) is 0 Å². The third-order valence-electron chi connectivity index (χ3n) is 5.40. The minimum atomic E-state index is 0.410. The van der Waals surface area contributed by atoms with Crippen LogP contribution in [0.4, 0.5) is 0 Å². The van der Waals surface area contributed by atoms with Crippen molar-refractivity contribution in [1.29, 1.82) is 0 Å². The predicted molar refractivity (Wildman–Crippen MR) is 105 cm³/mol. The first-order valence-electron chi connectivity index (χ1n) is 9.05. The van der Waals surface area contributed by atoms with Gasteiger partial charge in [0.15, 0.2) is 12.6 Å². The van der Waals surface area contributed by atoms with E-state index in [4.69, 9.17) is 0 Å². The van der Waals surface area contributed by atoms with Gasteiger partial charge in [-0.25, -0.2) is 0 Å². The molecule has 0 spiro atoms. The van der Waals surface area contributed by atoms with Crippen molar-refractivity contribution in [2.24, 2.45) is 0 Å². The summed E-state index contributed by atoms with van der Waals surface area (Å²) >= 11 is 0. The molecule has 128 valence electrons. The van der Waals surface area contributed by atoms with E-state index < -0.39 is 0 Å². The summed E-state index contributed by atoms with van der Waals surface area (Å²) in [5, 5.41) is 0. The summed E-state index contributed by atoms with van der Waals surface area (Å²) in [5.74, 6) is 0.410. The summed E-state index contributed by atoms with van der Waals surface area (Å²) in [6, 6.07) is 22.2. The Hall–Kier alpha value is -3.00. The molecule has 0 unspecified atom stereocenters. The van der Waals surface area contributed by atoms with Crippen LogP contribution in [0.5, 0.6) is 0 Å². The van der Waals surface area contributed by atoms with E-state index in [0.717, 1.165) is 53.2 Å². The fourth-order valence-electron chi connectivity index (χ4n) is 3.81. The Bertz CT molecular complexity index is 953. The quantitative estimate of drug-likeness (QED) is 0.541. The summed E-state index contributed by atoms with van der Waals surface area (Å²) in [6.07, 6.45) is 5.07. The number of hydrogen-bond donors (Lipinski definition) is 0. The van der Waals surface area contributed by atoms with Gasteiger partial charge in [0.25, 0.3) is 0 Å². The normalized spacial score (nSPS) is 13.8. The minimum Gasteiger partial charge on any atom is -0.298 e. The number of carbonyl (C=O) groups is 2. The number of benzene rings is 3. The van der Waals surface area contributed by atoms with Crippen LogP contribution in [0, 0.1) is 0 Å². The molecule has 2 nitrogen and oxygen atoms in total. The highest BCUT2D eigenvalue weighted by molar-refractivity contribution is 6.01. The average molecular weight is 340 g/mol. The molecule has 0 bridgehead atoms. The van der Waals surface area contributed by atoms with Gasteiger partial charge in [-0.3, -0.25) is 9.59 Å². The van der Waals surface area contributed by atoms with Gasteiger partial charge >= 0.3 is 0 Å². The summed E-state index contributed by atoms with van der Waals surface area (Å²) < 4.78 is 0. The number of hydrogen-bond acceptors (Lipinski definition) is 2. The molecular weight excluding hydrogens is 320 g/mol. The highest BCUT2D eigenvalue weighted by Crippen LogP contribution is 2.41. The Morgan fingerprint density at radius 1 is 0.654 bits per heavy atom. The fraction of sp³-hybridized carbons (Fsp3) is 0.167. The first-order valence-corrected chi connectivity index (χ1v) is 9.05. The van der Waals surface area contributed by atoms with Crippen LogP contribution in [0.3, 0.4) is 0 Å². The van der Waals surface area contributed by atoms with Crippen LogP contribution >= 0.6 is 0 Å². The van der Waals surface area contributed by atoms with Gasteiger partial charge in [0.05, 0.1) is 0 Å². The zero-order valence-corrected chi connectivity index (χ0v) is 14.5. The van der Waals surface area contributed by atoms with Gasteiger partial charge in [-0.15, -0.1) is 0 Å². The summed E-state index contributed by atoms with van der Waals surface area (Å²) in [5.41, 5.74) is 6.04. The van der Waals surface area contributed by atoms with E-state index in [1.165, 1.54) is 6.42 Å². The molecule has 2 heteroatoms. The zero-order chi connectivity index (χ0) is 17.9. The van der Waals surface area contributed by atoms with E-state index >= 15 is 0 Å². The highest BCUT2D eigenvalue weighted by Gasteiger charge is 2.25. The van der Waals surface area contributed by atoms with Gasteiger partial charge in [-0.05, 0) is 46.6 Å². The van der Waals surface area contributed by atoms with Gasteiger partial charge in [0.1, 0.15) is 0 Å². The Morgan fingerprint density at radius 3 is 1.92 bits per heavy atom. The smallest absolute Gasteiger partial charge is 0.151 e. The molecule has 3 aromatic rings. The average Bonchev–Trinajstić information content (AvgIpc) is 2.67. The van der Waals surface area contributed by atoms with Crippen LogP contribution in [0.1, 0.15) is 51.5 Å². The number of carbonyl (C=O) groups excluding carboxylic acids is 2. The molecule has 1 aliphatic carbocycles. The molecule has 0 amide bonds. The molecule has 0 saturated heterocycles. The van der Waals surface area contributed by atoms with Crippen molar-refractivity contribution in [1.82, 2.24) is 0 Å². The van der Waals surface area contributed by atoms with Crippen LogP contribution in [0.25, 0.3) is 22.3 Å². The molecule has 3 aromatic carbocycles. The van der Waals surface area contributed by atoms with Crippen LogP contribution in [0.15, 0.2) is 66.7 Å². The number of aldehydes is 2. The molecule has 0 heterocycles. The Morgan fingerprint density at radius 2 is 1.31 bits per heavy atom. The highest BCUT2D eigenvalue weighted by atomic mass is 16.1. The van der Waals surface area contributed by atoms with Gasteiger partial charge in [0, 0.05) is 11.1 Å². The molecule has 0 aromatic heterocycles. The molecule has 26 heavy (non-hydrogen) atoms. The lowest BCUT2D eigenvalue weighted by molar-refractivity contribution is 0.109. The van der Waals surface area contributed by atoms with Crippen molar-refractivity contribution in [3.63, 3.8) is 0 Å². The van der Waals surface area contributed by atoms with Crippen LogP contribution < -0.4 is 0 Å². The van der Waals surface area contributed by atoms with Crippen molar-refractivity contribution >= 4 is 12.6 Å². The third-order valence-corrected chi connectivity index (χ3v) is 5.40. The lowest BCUT2D eigenvalue weighted by Crippen LogP contribution is -2.13. The molecule has 0 N–H and O–H groups in total. The molecule has 1 saturated carbocycles. The van der Waals surface area contributed by atoms with Crippen LogP contribution in [-0.4, -0.2) is 12.6 Å². The van der Waals surface area contributed by atoms with E-state index in [1.807, 2.05) is 48.5 Å². The predicted octanol–water partition coefficient (Wildman–Crippen LogP) is 5.91. The molecule has 1 fully saturated rings. The SMILES string of the molecule is O=Cc1c(-c2ccccc2-c2ccccc2)ccc(C2CCC2)c1C=O. The standard InChI is InChI=1S/C24H20O2/c25-15-23-20(18-9-6-10-18)13-14-22(24(23)16-26)21-12-5-4-11-19(21)17-7-2-1-3-8-17/h1-5,7-8,11-16,18H,6,9-10H2. The minimum absolute atomic E-state index is 0.410. The van der Waals surface area contributed by atoms with Crippen LogP contribution in [0.2, 0.25) is 0 Å². The zero-order valence-electron chi connectivity index (χ0n) is 14.5. The van der Waals surface area contributed by atoms with E-state index in [1.54, 1.807) is 0 Å². The van der Waals surface area contributed by atoms with Crippen molar-refractivity contribution in [2.45, 2.75) is 25.2 Å². The lowest BCUT2D eigenvalue weighted by Gasteiger charge is -2.28. The molecule has 0 radical (unpaired) electrons. The van der Waals surface area contributed by atoms with E-state index in [2.05, 4.69) is 18.2 Å². The maximum absolute atomic E-state index is 12.0. The van der Waals surface area contributed by atoms with Crippen molar-refractivity contribution < 1.29 is 9.59 Å².